The maximum atomic E-state index is 13.6. The predicted molar refractivity (Wildman–Crippen MR) is 69.8 cm³/mol. The molecule has 0 bridgehead atoms. The zero-order chi connectivity index (χ0) is 13.1. The minimum absolute atomic E-state index is 0.198. The van der Waals surface area contributed by atoms with Crippen LogP contribution in [0.5, 0.6) is 0 Å². The van der Waals surface area contributed by atoms with Crippen LogP contribution >= 0.6 is 11.6 Å². The fourth-order valence-corrected chi connectivity index (χ4v) is 1.86. The first kappa shape index (κ1) is 12.8. The zero-order valence-electron chi connectivity index (χ0n) is 9.75. The summed E-state index contributed by atoms with van der Waals surface area (Å²) >= 11 is 5.67. The van der Waals surface area contributed by atoms with Gasteiger partial charge in [-0.1, -0.05) is 23.7 Å². The maximum absolute atomic E-state index is 13.6. The second-order valence-electron chi connectivity index (χ2n) is 4.05. The van der Waals surface area contributed by atoms with E-state index in [1.54, 1.807) is 24.3 Å². The third-order valence-electron chi connectivity index (χ3n) is 2.65. The Balaban J connectivity index is 2.18. The highest BCUT2D eigenvalue weighted by molar-refractivity contribution is 6.30. The Morgan fingerprint density at radius 2 is 1.89 bits per heavy atom. The molecule has 1 atom stereocenters. The Morgan fingerprint density at radius 1 is 1.11 bits per heavy atom. The molecule has 0 aliphatic heterocycles. The lowest BCUT2D eigenvalue weighted by Crippen LogP contribution is -2.08. The molecular formula is C14H12ClF2N. The summed E-state index contributed by atoms with van der Waals surface area (Å²) in [6.07, 6.45) is 0. The van der Waals surface area contributed by atoms with Crippen LogP contribution in [0.2, 0.25) is 5.02 Å². The summed E-state index contributed by atoms with van der Waals surface area (Å²) in [6, 6.07) is 10.4. The van der Waals surface area contributed by atoms with Crippen molar-refractivity contribution in [3.63, 3.8) is 0 Å². The molecule has 0 radical (unpaired) electrons. The van der Waals surface area contributed by atoms with E-state index >= 15 is 0 Å². The van der Waals surface area contributed by atoms with E-state index in [0.717, 1.165) is 5.56 Å². The molecular weight excluding hydrogens is 256 g/mol. The van der Waals surface area contributed by atoms with Gasteiger partial charge in [-0.15, -0.1) is 0 Å². The van der Waals surface area contributed by atoms with E-state index in [0.29, 0.717) is 10.7 Å². The number of anilines is 1. The van der Waals surface area contributed by atoms with Crippen LogP contribution in [0, 0.1) is 11.6 Å². The molecule has 18 heavy (non-hydrogen) atoms. The molecule has 0 saturated heterocycles. The van der Waals surface area contributed by atoms with Crippen molar-refractivity contribution >= 4 is 17.3 Å². The van der Waals surface area contributed by atoms with Gasteiger partial charge in [-0.25, -0.2) is 8.78 Å². The van der Waals surface area contributed by atoms with E-state index in [1.165, 1.54) is 18.2 Å². The van der Waals surface area contributed by atoms with Crippen LogP contribution in [0.15, 0.2) is 42.5 Å². The van der Waals surface area contributed by atoms with Crippen molar-refractivity contribution < 1.29 is 8.78 Å². The van der Waals surface area contributed by atoms with Gasteiger partial charge in [0, 0.05) is 11.1 Å². The molecule has 2 aromatic carbocycles. The molecule has 1 N–H and O–H groups in total. The number of rotatable bonds is 3. The lowest BCUT2D eigenvalue weighted by molar-refractivity contribution is 0.621. The first-order valence-electron chi connectivity index (χ1n) is 5.53. The van der Waals surface area contributed by atoms with Gasteiger partial charge < -0.3 is 5.32 Å². The molecule has 0 aromatic heterocycles. The Bertz CT molecular complexity index is 557. The van der Waals surface area contributed by atoms with Crippen molar-refractivity contribution in [1.82, 2.24) is 0 Å². The second kappa shape index (κ2) is 5.36. The summed E-state index contributed by atoms with van der Waals surface area (Å²) in [7, 11) is 0. The largest absolute Gasteiger partial charge is 0.376 e. The number of benzene rings is 2. The van der Waals surface area contributed by atoms with Crippen molar-refractivity contribution in [1.29, 1.82) is 0 Å². The van der Waals surface area contributed by atoms with E-state index in [-0.39, 0.29) is 11.9 Å². The highest BCUT2D eigenvalue weighted by atomic mass is 35.5. The van der Waals surface area contributed by atoms with Crippen LogP contribution < -0.4 is 5.32 Å². The Labute approximate surface area is 109 Å². The molecule has 1 nitrogen and oxygen atoms in total. The van der Waals surface area contributed by atoms with E-state index in [2.05, 4.69) is 5.32 Å². The molecule has 94 valence electrons. The Morgan fingerprint density at radius 3 is 2.56 bits per heavy atom. The van der Waals surface area contributed by atoms with Crippen LogP contribution in [0.4, 0.5) is 14.5 Å². The first-order valence-corrected chi connectivity index (χ1v) is 5.91. The predicted octanol–water partition coefficient (Wildman–Crippen LogP) is 4.79. The van der Waals surface area contributed by atoms with Gasteiger partial charge in [-0.2, -0.15) is 0 Å². The van der Waals surface area contributed by atoms with Gasteiger partial charge in [0.05, 0.1) is 5.69 Å². The number of hydrogen-bond donors (Lipinski definition) is 1. The summed E-state index contributed by atoms with van der Waals surface area (Å²) < 4.78 is 26.7. The second-order valence-corrected chi connectivity index (χ2v) is 4.48. The van der Waals surface area contributed by atoms with Crippen LogP contribution in [-0.4, -0.2) is 0 Å². The van der Waals surface area contributed by atoms with E-state index in [1.807, 2.05) is 6.92 Å². The van der Waals surface area contributed by atoms with Crippen LogP contribution in [0.1, 0.15) is 18.5 Å². The van der Waals surface area contributed by atoms with Crippen LogP contribution in [0.3, 0.4) is 0 Å². The molecule has 0 heterocycles. The summed E-state index contributed by atoms with van der Waals surface area (Å²) in [5.74, 6) is -0.733. The Kier molecular flexibility index (Phi) is 3.82. The van der Waals surface area contributed by atoms with Gasteiger partial charge in [0.25, 0.3) is 0 Å². The van der Waals surface area contributed by atoms with Crippen molar-refractivity contribution in [2.75, 3.05) is 5.32 Å². The van der Waals surface area contributed by atoms with E-state index in [4.69, 9.17) is 11.6 Å². The van der Waals surface area contributed by atoms with Crippen LogP contribution in [-0.2, 0) is 0 Å². The van der Waals surface area contributed by atoms with Gasteiger partial charge in [0.15, 0.2) is 0 Å². The van der Waals surface area contributed by atoms with Gasteiger partial charge in [-0.05, 0) is 42.8 Å². The molecule has 2 aromatic rings. The molecule has 0 saturated carbocycles. The smallest absolute Gasteiger partial charge is 0.147 e. The minimum atomic E-state index is -0.425. The molecule has 4 heteroatoms. The average molecular weight is 268 g/mol. The monoisotopic (exact) mass is 267 g/mol. The number of halogens is 3. The fourth-order valence-electron chi connectivity index (χ4n) is 1.70. The number of hydrogen-bond acceptors (Lipinski definition) is 1. The summed E-state index contributed by atoms with van der Waals surface area (Å²) in [5.41, 5.74) is 1.10. The summed E-state index contributed by atoms with van der Waals surface area (Å²) in [6.45, 7) is 1.84. The minimum Gasteiger partial charge on any atom is -0.376 e. The number of nitrogens with one attached hydrogen (secondary N) is 1. The van der Waals surface area contributed by atoms with Crippen LogP contribution in [0.25, 0.3) is 0 Å². The highest BCUT2D eigenvalue weighted by Gasteiger charge is 2.09. The van der Waals surface area contributed by atoms with Crippen molar-refractivity contribution in [3.05, 3.63) is 64.7 Å². The van der Waals surface area contributed by atoms with E-state index < -0.39 is 5.82 Å². The van der Waals surface area contributed by atoms with Gasteiger partial charge in [0.2, 0.25) is 0 Å². The van der Waals surface area contributed by atoms with Crippen molar-refractivity contribution in [3.8, 4) is 0 Å². The van der Waals surface area contributed by atoms with Crippen molar-refractivity contribution in [2.24, 2.45) is 0 Å². The van der Waals surface area contributed by atoms with Gasteiger partial charge in [0.1, 0.15) is 11.6 Å². The topological polar surface area (TPSA) is 12.0 Å². The fraction of sp³-hybridized carbons (Fsp3) is 0.143. The quantitative estimate of drug-likeness (QED) is 0.843. The first-order chi connectivity index (χ1) is 8.56. The SMILES string of the molecule is CC(Nc1ccc(Cl)cc1F)c1cccc(F)c1. The van der Waals surface area contributed by atoms with Gasteiger partial charge >= 0.3 is 0 Å². The standard InChI is InChI=1S/C14H12ClF2N/c1-9(10-3-2-4-12(16)7-10)18-14-6-5-11(15)8-13(14)17/h2-9,18H,1H3. The Hall–Kier alpha value is -1.61. The lowest BCUT2D eigenvalue weighted by atomic mass is 10.1. The molecule has 0 aliphatic carbocycles. The molecule has 0 aliphatic rings. The third-order valence-corrected chi connectivity index (χ3v) is 2.89. The molecule has 2 rings (SSSR count). The highest BCUT2D eigenvalue weighted by Crippen LogP contribution is 2.24. The lowest BCUT2D eigenvalue weighted by Gasteiger charge is -2.16. The summed E-state index contributed by atoms with van der Waals surface area (Å²) in [5, 5.41) is 3.32. The maximum Gasteiger partial charge on any atom is 0.147 e. The van der Waals surface area contributed by atoms with Gasteiger partial charge in [-0.3, -0.25) is 0 Å². The molecule has 1 unspecified atom stereocenters. The van der Waals surface area contributed by atoms with Crippen molar-refractivity contribution in [2.45, 2.75) is 13.0 Å². The molecule has 0 fully saturated rings. The molecule has 0 spiro atoms. The third kappa shape index (κ3) is 2.99. The average Bonchev–Trinajstić information content (AvgIpc) is 2.32. The zero-order valence-corrected chi connectivity index (χ0v) is 10.5. The summed E-state index contributed by atoms with van der Waals surface area (Å²) in [4.78, 5) is 0. The molecule has 0 amide bonds. The normalized spacial score (nSPS) is 12.2. The van der Waals surface area contributed by atoms with E-state index in [9.17, 15) is 8.78 Å².